The lowest BCUT2D eigenvalue weighted by Gasteiger charge is -2.38. The molecule has 1 N–H and O–H groups in total. The Morgan fingerprint density at radius 3 is 2.74 bits per heavy atom. The third-order valence-corrected chi connectivity index (χ3v) is 6.99. The highest BCUT2D eigenvalue weighted by molar-refractivity contribution is 7.88. The fourth-order valence-corrected chi connectivity index (χ4v) is 5.19. The fourth-order valence-electron chi connectivity index (χ4n) is 4.13. The molecule has 10 nitrogen and oxygen atoms in total. The molecule has 0 aromatic carbocycles. The standard InChI is InChI=1S/C23H27N5O5S/c1-14-11-28(34(5,31)32)15(2)10-27(14)12-18-9-19-22(33-18)20(13-26(4)23(19)30)17-6-7-24-21(8-17)25-16(3)29/h6-10,13-14H,11-12H2,1-5H3,(H,24,25,29). The number of sulfonamides is 1. The van der Waals surface area contributed by atoms with Gasteiger partial charge >= 0.3 is 0 Å². The van der Waals surface area contributed by atoms with Gasteiger partial charge in [-0.2, -0.15) is 0 Å². The number of hydrogen-bond acceptors (Lipinski definition) is 7. The molecule has 0 radical (unpaired) electrons. The molecule has 1 atom stereocenters. The molecule has 34 heavy (non-hydrogen) atoms. The van der Waals surface area contributed by atoms with E-state index in [9.17, 15) is 18.0 Å². The molecule has 0 saturated carbocycles. The van der Waals surface area contributed by atoms with Gasteiger partial charge in [0.15, 0.2) is 0 Å². The molecule has 1 aliphatic heterocycles. The average molecular weight is 486 g/mol. The van der Waals surface area contributed by atoms with E-state index in [2.05, 4.69) is 10.3 Å². The zero-order chi connectivity index (χ0) is 24.8. The Morgan fingerprint density at radius 1 is 1.32 bits per heavy atom. The summed E-state index contributed by atoms with van der Waals surface area (Å²) in [6, 6.07) is 5.15. The maximum absolute atomic E-state index is 12.8. The Morgan fingerprint density at radius 2 is 2.06 bits per heavy atom. The first-order chi connectivity index (χ1) is 15.9. The lowest BCUT2D eigenvalue weighted by molar-refractivity contribution is -0.114. The van der Waals surface area contributed by atoms with E-state index in [-0.39, 0.29) is 17.5 Å². The van der Waals surface area contributed by atoms with Crippen molar-refractivity contribution in [3.05, 3.63) is 58.6 Å². The van der Waals surface area contributed by atoms with Crippen molar-refractivity contribution in [3.63, 3.8) is 0 Å². The third-order valence-electron chi connectivity index (χ3n) is 5.76. The molecule has 1 unspecified atom stereocenters. The number of amides is 1. The third kappa shape index (κ3) is 4.56. The first-order valence-electron chi connectivity index (χ1n) is 10.7. The largest absolute Gasteiger partial charge is 0.458 e. The maximum Gasteiger partial charge on any atom is 0.261 e. The van der Waals surface area contributed by atoms with Crippen LogP contribution in [0.1, 0.15) is 26.5 Å². The lowest BCUT2D eigenvalue weighted by atomic mass is 10.1. The number of aryl methyl sites for hydroxylation is 1. The number of rotatable bonds is 5. The van der Waals surface area contributed by atoms with Gasteiger partial charge in [0, 0.05) is 49.9 Å². The van der Waals surface area contributed by atoms with E-state index < -0.39 is 10.0 Å². The zero-order valence-electron chi connectivity index (χ0n) is 19.7. The predicted octanol–water partition coefficient (Wildman–Crippen LogP) is 2.48. The number of nitrogens with one attached hydrogen (secondary N) is 1. The molecular weight excluding hydrogens is 458 g/mol. The molecule has 0 bridgehead atoms. The number of pyridine rings is 2. The molecule has 3 aromatic rings. The molecule has 4 rings (SSSR count). The summed E-state index contributed by atoms with van der Waals surface area (Å²) < 4.78 is 33.1. The Hall–Kier alpha value is -3.60. The van der Waals surface area contributed by atoms with Gasteiger partial charge in [-0.25, -0.2) is 13.4 Å². The second-order valence-corrected chi connectivity index (χ2v) is 10.5. The van der Waals surface area contributed by atoms with E-state index in [1.807, 2.05) is 11.8 Å². The van der Waals surface area contributed by atoms with Crippen molar-refractivity contribution in [1.82, 2.24) is 18.8 Å². The van der Waals surface area contributed by atoms with Crippen LogP contribution in [0.3, 0.4) is 0 Å². The number of carbonyl (C=O) groups excluding carboxylic acids is 1. The second kappa shape index (κ2) is 8.64. The number of allylic oxidation sites excluding steroid dienone is 1. The minimum Gasteiger partial charge on any atom is -0.458 e. The second-order valence-electron chi connectivity index (χ2n) is 8.61. The van der Waals surface area contributed by atoms with Crippen LogP contribution in [0, 0.1) is 0 Å². The summed E-state index contributed by atoms with van der Waals surface area (Å²) in [6.07, 6.45) is 6.27. The molecule has 180 valence electrons. The molecular formula is C23H27N5O5S. The number of aromatic nitrogens is 2. The number of nitrogens with zero attached hydrogens (tertiary/aromatic N) is 4. The minimum atomic E-state index is -3.34. The van der Waals surface area contributed by atoms with E-state index in [1.165, 1.54) is 22.1 Å². The van der Waals surface area contributed by atoms with Gasteiger partial charge in [-0.05, 0) is 37.6 Å². The van der Waals surface area contributed by atoms with Crippen molar-refractivity contribution in [2.45, 2.75) is 33.4 Å². The highest BCUT2D eigenvalue weighted by Gasteiger charge is 2.28. The maximum atomic E-state index is 12.8. The van der Waals surface area contributed by atoms with E-state index in [4.69, 9.17) is 4.42 Å². The number of carbonyl (C=O) groups is 1. The predicted molar refractivity (Wildman–Crippen MR) is 129 cm³/mol. The van der Waals surface area contributed by atoms with E-state index in [0.29, 0.717) is 46.9 Å². The number of fused-ring (bicyclic) bond motifs is 1. The molecule has 1 aliphatic rings. The van der Waals surface area contributed by atoms with Gasteiger partial charge < -0.3 is 19.2 Å². The van der Waals surface area contributed by atoms with Crippen molar-refractivity contribution in [2.75, 3.05) is 18.1 Å². The Bertz CT molecular complexity index is 1470. The summed E-state index contributed by atoms with van der Waals surface area (Å²) in [6.45, 7) is 5.81. The summed E-state index contributed by atoms with van der Waals surface area (Å²) in [7, 11) is -1.67. The van der Waals surface area contributed by atoms with Crippen LogP contribution in [0.4, 0.5) is 5.82 Å². The Kier molecular flexibility index (Phi) is 5.98. The highest BCUT2D eigenvalue weighted by Crippen LogP contribution is 2.31. The number of hydrogen-bond donors (Lipinski definition) is 1. The SMILES string of the molecule is CC(=O)Nc1cc(-c2cn(C)c(=O)c3cc(CN4C=C(C)N(S(C)(=O)=O)CC4C)oc23)ccn1. The van der Waals surface area contributed by atoms with Gasteiger partial charge in [0.2, 0.25) is 15.9 Å². The van der Waals surface area contributed by atoms with Gasteiger partial charge in [-0.1, -0.05) is 0 Å². The summed E-state index contributed by atoms with van der Waals surface area (Å²) in [5.74, 6) is 0.750. The molecule has 0 aliphatic carbocycles. The Labute approximate surface area is 197 Å². The summed E-state index contributed by atoms with van der Waals surface area (Å²) in [5.41, 5.74) is 2.31. The molecule has 4 heterocycles. The summed E-state index contributed by atoms with van der Waals surface area (Å²) >= 11 is 0. The topological polar surface area (TPSA) is 118 Å². The first kappa shape index (κ1) is 23.6. The van der Waals surface area contributed by atoms with Gasteiger partial charge in [0.1, 0.15) is 17.2 Å². The Balaban J connectivity index is 1.74. The van der Waals surface area contributed by atoms with E-state index >= 15 is 0 Å². The van der Waals surface area contributed by atoms with Crippen LogP contribution in [0.5, 0.6) is 0 Å². The van der Waals surface area contributed by atoms with Crippen LogP contribution < -0.4 is 10.9 Å². The van der Waals surface area contributed by atoms with Crippen molar-refractivity contribution in [3.8, 4) is 11.1 Å². The normalized spacial score (nSPS) is 16.6. The van der Waals surface area contributed by atoms with Crippen LogP contribution in [0.25, 0.3) is 22.1 Å². The molecule has 1 amide bonds. The first-order valence-corrected chi connectivity index (χ1v) is 12.6. The molecule has 3 aromatic heterocycles. The molecule has 0 saturated heterocycles. The average Bonchev–Trinajstić information content (AvgIpc) is 3.16. The van der Waals surface area contributed by atoms with Crippen molar-refractivity contribution >= 4 is 32.7 Å². The monoisotopic (exact) mass is 485 g/mol. The van der Waals surface area contributed by atoms with Gasteiger partial charge in [-0.15, -0.1) is 0 Å². The van der Waals surface area contributed by atoms with Crippen LogP contribution >= 0.6 is 0 Å². The van der Waals surface area contributed by atoms with Crippen LogP contribution in [-0.2, 0) is 28.4 Å². The van der Waals surface area contributed by atoms with Gasteiger partial charge in [0.05, 0.1) is 24.7 Å². The number of furan rings is 1. The van der Waals surface area contributed by atoms with Crippen LogP contribution in [-0.4, -0.2) is 51.9 Å². The fraction of sp³-hybridized carbons (Fsp3) is 0.348. The smallest absolute Gasteiger partial charge is 0.261 e. The minimum absolute atomic E-state index is 0.0886. The molecule has 0 fully saturated rings. The van der Waals surface area contributed by atoms with Crippen molar-refractivity contribution in [2.24, 2.45) is 7.05 Å². The lowest BCUT2D eigenvalue weighted by Crippen LogP contribution is -2.45. The quantitative estimate of drug-likeness (QED) is 0.590. The molecule has 11 heteroatoms. The van der Waals surface area contributed by atoms with Gasteiger partial charge in [0.25, 0.3) is 5.56 Å². The summed E-state index contributed by atoms with van der Waals surface area (Å²) in [4.78, 5) is 30.4. The van der Waals surface area contributed by atoms with Gasteiger partial charge in [-0.3, -0.25) is 13.9 Å². The zero-order valence-corrected chi connectivity index (χ0v) is 20.5. The summed E-state index contributed by atoms with van der Waals surface area (Å²) in [5, 5.41) is 3.10. The molecule has 0 spiro atoms. The van der Waals surface area contributed by atoms with Crippen LogP contribution in [0.15, 0.2) is 51.7 Å². The van der Waals surface area contributed by atoms with E-state index in [1.54, 1.807) is 50.8 Å². The van der Waals surface area contributed by atoms with Crippen LogP contribution in [0.2, 0.25) is 0 Å². The van der Waals surface area contributed by atoms with Crippen molar-refractivity contribution in [1.29, 1.82) is 0 Å². The highest BCUT2D eigenvalue weighted by atomic mass is 32.2. The van der Waals surface area contributed by atoms with E-state index in [0.717, 1.165) is 5.56 Å². The number of anilines is 1. The van der Waals surface area contributed by atoms with Crippen molar-refractivity contribution < 1.29 is 17.6 Å².